The summed E-state index contributed by atoms with van der Waals surface area (Å²) in [6.07, 6.45) is 2.64. The van der Waals surface area contributed by atoms with Gasteiger partial charge >= 0.3 is 0 Å². The number of nitrogens with zero attached hydrogens (tertiary/aromatic N) is 1. The second-order valence-corrected chi connectivity index (χ2v) is 4.42. The summed E-state index contributed by atoms with van der Waals surface area (Å²) in [6, 6.07) is 7.62. The molecule has 16 heavy (non-hydrogen) atoms. The van der Waals surface area contributed by atoms with E-state index in [1.54, 1.807) is 4.90 Å². The lowest BCUT2D eigenvalue weighted by Crippen LogP contribution is -2.25. The van der Waals surface area contributed by atoms with E-state index in [9.17, 15) is 4.79 Å². The van der Waals surface area contributed by atoms with Crippen molar-refractivity contribution < 1.29 is 4.79 Å². The van der Waals surface area contributed by atoms with Gasteiger partial charge in [0.15, 0.2) is 0 Å². The summed E-state index contributed by atoms with van der Waals surface area (Å²) >= 11 is 5.89. The maximum atomic E-state index is 11.7. The summed E-state index contributed by atoms with van der Waals surface area (Å²) < 4.78 is 0. The molecule has 88 valence electrons. The molecular weight excluding hydrogens is 222 g/mol. The third-order valence-electron chi connectivity index (χ3n) is 2.48. The molecule has 0 atom stereocenters. The topological polar surface area (TPSA) is 20.3 Å². The molecule has 0 spiro atoms. The highest BCUT2D eigenvalue weighted by molar-refractivity contribution is 6.30. The number of carbonyl (C=O) groups is 1. The summed E-state index contributed by atoms with van der Waals surface area (Å²) in [5, 5.41) is 0.715. The largest absolute Gasteiger partial charge is 0.341 e. The fraction of sp³-hybridized carbons (Fsp3) is 0.462. The molecule has 0 aliphatic rings. The van der Waals surface area contributed by atoms with Gasteiger partial charge in [0.1, 0.15) is 0 Å². The number of rotatable bonds is 5. The minimum absolute atomic E-state index is 0.196. The molecule has 1 aromatic carbocycles. The van der Waals surface area contributed by atoms with Gasteiger partial charge in [-0.25, -0.2) is 0 Å². The van der Waals surface area contributed by atoms with Crippen molar-refractivity contribution in [1.29, 1.82) is 0 Å². The molecule has 0 fully saturated rings. The van der Waals surface area contributed by atoms with Crippen molar-refractivity contribution in [2.24, 2.45) is 0 Å². The smallest absolute Gasteiger partial charge is 0.222 e. The Morgan fingerprint density at radius 3 is 2.81 bits per heavy atom. The van der Waals surface area contributed by atoms with Gasteiger partial charge in [-0.15, -0.1) is 0 Å². The lowest BCUT2D eigenvalue weighted by molar-refractivity contribution is -0.130. The molecule has 0 N–H and O–H groups in total. The summed E-state index contributed by atoms with van der Waals surface area (Å²) in [5.41, 5.74) is 1.07. The predicted molar refractivity (Wildman–Crippen MR) is 67.5 cm³/mol. The van der Waals surface area contributed by atoms with Gasteiger partial charge in [0.25, 0.3) is 0 Å². The number of benzene rings is 1. The molecule has 0 radical (unpaired) electrons. The molecule has 2 nitrogen and oxygen atoms in total. The number of amides is 1. The van der Waals surface area contributed by atoms with Crippen LogP contribution in [-0.2, 0) is 11.3 Å². The summed E-state index contributed by atoms with van der Waals surface area (Å²) in [6.45, 7) is 2.72. The second kappa shape index (κ2) is 6.54. The van der Waals surface area contributed by atoms with Crippen LogP contribution in [0.3, 0.4) is 0 Å². The van der Waals surface area contributed by atoms with Crippen molar-refractivity contribution >= 4 is 17.5 Å². The van der Waals surface area contributed by atoms with Crippen LogP contribution in [0.1, 0.15) is 31.7 Å². The highest BCUT2D eigenvalue weighted by Crippen LogP contribution is 2.12. The van der Waals surface area contributed by atoms with Crippen LogP contribution in [0.15, 0.2) is 24.3 Å². The molecule has 0 aromatic heterocycles. The van der Waals surface area contributed by atoms with Gasteiger partial charge in [0.05, 0.1) is 0 Å². The lowest BCUT2D eigenvalue weighted by atomic mass is 10.2. The third kappa shape index (κ3) is 4.23. The fourth-order valence-corrected chi connectivity index (χ4v) is 1.73. The Morgan fingerprint density at radius 2 is 2.19 bits per heavy atom. The monoisotopic (exact) mass is 239 g/mol. The molecule has 0 unspecified atom stereocenters. The van der Waals surface area contributed by atoms with Crippen LogP contribution in [0.5, 0.6) is 0 Å². The first kappa shape index (κ1) is 13.0. The van der Waals surface area contributed by atoms with Crippen LogP contribution in [-0.4, -0.2) is 17.9 Å². The maximum absolute atomic E-state index is 11.7. The normalized spacial score (nSPS) is 10.2. The van der Waals surface area contributed by atoms with Gasteiger partial charge in [-0.3, -0.25) is 4.79 Å². The first-order chi connectivity index (χ1) is 7.63. The second-order valence-electron chi connectivity index (χ2n) is 3.98. The number of hydrogen-bond donors (Lipinski definition) is 0. The van der Waals surface area contributed by atoms with Crippen LogP contribution < -0.4 is 0 Å². The Labute approximate surface area is 102 Å². The first-order valence-electron chi connectivity index (χ1n) is 5.62. The highest BCUT2D eigenvalue weighted by atomic mass is 35.5. The quantitative estimate of drug-likeness (QED) is 0.770. The zero-order chi connectivity index (χ0) is 12.0. The van der Waals surface area contributed by atoms with Crippen molar-refractivity contribution in [2.45, 2.75) is 32.7 Å². The lowest BCUT2D eigenvalue weighted by Gasteiger charge is -2.17. The molecule has 0 heterocycles. The van der Waals surface area contributed by atoms with Gasteiger partial charge in [-0.2, -0.15) is 0 Å². The van der Waals surface area contributed by atoms with Gasteiger partial charge in [0.2, 0.25) is 5.91 Å². The molecule has 0 bridgehead atoms. The Balaban J connectivity index is 2.50. The predicted octanol–water partition coefficient (Wildman–Crippen LogP) is 3.49. The van der Waals surface area contributed by atoms with Crippen LogP contribution in [0.25, 0.3) is 0 Å². The minimum atomic E-state index is 0.196. The average Bonchev–Trinajstić information content (AvgIpc) is 2.25. The minimum Gasteiger partial charge on any atom is -0.341 e. The van der Waals surface area contributed by atoms with E-state index in [0.29, 0.717) is 18.0 Å². The summed E-state index contributed by atoms with van der Waals surface area (Å²) in [5.74, 6) is 0.196. The average molecular weight is 240 g/mol. The molecule has 1 aromatic rings. The van der Waals surface area contributed by atoms with Crippen LogP contribution >= 0.6 is 11.6 Å². The number of carbonyl (C=O) groups excluding carboxylic acids is 1. The maximum Gasteiger partial charge on any atom is 0.222 e. The van der Waals surface area contributed by atoms with Gasteiger partial charge in [-0.05, 0) is 24.1 Å². The SMILES string of the molecule is CCCCC(=O)N(C)Cc1cccc(Cl)c1. The van der Waals surface area contributed by atoms with Crippen LogP contribution in [0.4, 0.5) is 0 Å². The molecule has 0 saturated carbocycles. The van der Waals surface area contributed by atoms with Crippen LogP contribution in [0, 0.1) is 0 Å². The molecule has 0 saturated heterocycles. The van der Waals surface area contributed by atoms with E-state index >= 15 is 0 Å². The van der Waals surface area contributed by atoms with E-state index in [0.717, 1.165) is 18.4 Å². The van der Waals surface area contributed by atoms with E-state index < -0.39 is 0 Å². The molecular formula is C13H18ClNO. The molecule has 0 aliphatic heterocycles. The van der Waals surface area contributed by atoms with Gasteiger partial charge < -0.3 is 4.90 Å². The number of unbranched alkanes of at least 4 members (excludes halogenated alkanes) is 1. The highest BCUT2D eigenvalue weighted by Gasteiger charge is 2.08. The van der Waals surface area contributed by atoms with Crippen LogP contribution in [0.2, 0.25) is 5.02 Å². The van der Waals surface area contributed by atoms with Gasteiger partial charge in [0, 0.05) is 25.0 Å². The van der Waals surface area contributed by atoms with E-state index in [1.807, 2.05) is 31.3 Å². The van der Waals surface area contributed by atoms with E-state index in [2.05, 4.69) is 6.92 Å². The standard InChI is InChI=1S/C13H18ClNO/c1-3-4-8-13(16)15(2)10-11-6-5-7-12(14)9-11/h5-7,9H,3-4,8,10H2,1-2H3. The number of halogens is 1. The summed E-state index contributed by atoms with van der Waals surface area (Å²) in [4.78, 5) is 13.4. The zero-order valence-electron chi connectivity index (χ0n) is 9.87. The number of hydrogen-bond acceptors (Lipinski definition) is 1. The van der Waals surface area contributed by atoms with E-state index in [4.69, 9.17) is 11.6 Å². The Morgan fingerprint density at radius 1 is 1.44 bits per heavy atom. The molecule has 1 rings (SSSR count). The van der Waals surface area contributed by atoms with Gasteiger partial charge in [-0.1, -0.05) is 37.1 Å². The van der Waals surface area contributed by atoms with E-state index in [-0.39, 0.29) is 5.91 Å². The van der Waals surface area contributed by atoms with Crippen molar-refractivity contribution in [2.75, 3.05) is 7.05 Å². The zero-order valence-corrected chi connectivity index (χ0v) is 10.6. The van der Waals surface area contributed by atoms with Crippen molar-refractivity contribution in [1.82, 2.24) is 4.90 Å². The Kier molecular flexibility index (Phi) is 5.33. The van der Waals surface area contributed by atoms with E-state index in [1.165, 1.54) is 0 Å². The molecule has 0 aliphatic carbocycles. The van der Waals surface area contributed by atoms with Crippen molar-refractivity contribution in [3.8, 4) is 0 Å². The Bertz CT molecular complexity index is 352. The fourth-order valence-electron chi connectivity index (χ4n) is 1.52. The third-order valence-corrected chi connectivity index (χ3v) is 2.71. The van der Waals surface area contributed by atoms with Crippen molar-refractivity contribution in [3.63, 3.8) is 0 Å². The summed E-state index contributed by atoms with van der Waals surface area (Å²) in [7, 11) is 1.83. The molecule has 1 amide bonds. The van der Waals surface area contributed by atoms with Crippen molar-refractivity contribution in [3.05, 3.63) is 34.9 Å². The molecule has 3 heteroatoms. The Hall–Kier alpha value is -1.02. The first-order valence-corrected chi connectivity index (χ1v) is 5.99.